The highest BCUT2D eigenvalue weighted by Gasteiger charge is 2.19. The van der Waals surface area contributed by atoms with E-state index >= 15 is 0 Å². The summed E-state index contributed by atoms with van der Waals surface area (Å²) in [5.41, 5.74) is 5.14. The lowest BCUT2D eigenvalue weighted by molar-refractivity contribution is -0.137. The fourth-order valence-electron chi connectivity index (χ4n) is 4.19. The van der Waals surface area contributed by atoms with Gasteiger partial charge in [-0.2, -0.15) is 0 Å². The highest BCUT2D eigenvalue weighted by Crippen LogP contribution is 2.13. The number of aliphatic carboxylic acids is 1. The van der Waals surface area contributed by atoms with E-state index in [0.29, 0.717) is 19.4 Å². The van der Waals surface area contributed by atoms with Gasteiger partial charge in [0.1, 0.15) is 6.04 Å². The summed E-state index contributed by atoms with van der Waals surface area (Å²) in [5.74, 6) is -1.42. The molecule has 10 heteroatoms. The van der Waals surface area contributed by atoms with E-state index in [-0.39, 0.29) is 30.7 Å². The molecule has 0 aromatic rings. The predicted molar refractivity (Wildman–Crippen MR) is 145 cm³/mol. The van der Waals surface area contributed by atoms with Crippen molar-refractivity contribution in [3.63, 3.8) is 0 Å². The Morgan fingerprint density at radius 2 is 1.24 bits per heavy atom. The predicted octanol–water partition coefficient (Wildman–Crippen LogP) is 2.41. The molecule has 0 fully saturated rings. The van der Waals surface area contributed by atoms with Crippen molar-refractivity contribution in [2.24, 2.45) is 5.73 Å². The van der Waals surface area contributed by atoms with Gasteiger partial charge in [0, 0.05) is 19.4 Å². The number of hydrogen-bond donors (Lipinski definition) is 6. The Hall–Kier alpha value is -2.04. The molecule has 0 bridgehead atoms. The van der Waals surface area contributed by atoms with Gasteiger partial charge >= 0.3 is 5.97 Å². The Kier molecular flexibility index (Phi) is 23.0. The van der Waals surface area contributed by atoms with E-state index < -0.39 is 24.5 Å². The van der Waals surface area contributed by atoms with E-state index in [0.717, 1.165) is 51.4 Å². The van der Waals surface area contributed by atoms with Gasteiger partial charge in [-0.1, -0.05) is 64.2 Å². The third kappa shape index (κ3) is 21.7. The first-order valence-corrected chi connectivity index (χ1v) is 14.1. The zero-order chi connectivity index (χ0) is 27.7. The SMILES string of the molecule is CN[C@H](CCCCNC(=O)CCCCCCCCCCCCCCC(=O)O)C(=O)CN[C@@H](CO)C(N)=O. The number of carbonyl (C=O) groups is 4. The minimum Gasteiger partial charge on any atom is -0.481 e. The van der Waals surface area contributed by atoms with Crippen molar-refractivity contribution in [1.29, 1.82) is 0 Å². The van der Waals surface area contributed by atoms with Crippen molar-refractivity contribution < 1.29 is 29.4 Å². The van der Waals surface area contributed by atoms with E-state index in [9.17, 15) is 19.2 Å². The molecule has 216 valence electrons. The molecule has 0 aliphatic carbocycles. The largest absolute Gasteiger partial charge is 0.481 e. The number of likely N-dealkylation sites (N-methyl/N-ethyl adjacent to an activating group) is 1. The Balaban J connectivity index is 3.57. The molecule has 0 aromatic heterocycles. The number of Topliss-reactive ketones (excluding diaryl/α,β-unsaturated/α-hetero) is 1. The fraction of sp³-hybridized carbons (Fsp3) is 0.852. The molecule has 0 saturated heterocycles. The highest BCUT2D eigenvalue weighted by molar-refractivity contribution is 5.87. The quantitative estimate of drug-likeness (QED) is 0.0882. The van der Waals surface area contributed by atoms with Gasteiger partial charge in [-0.3, -0.25) is 24.5 Å². The zero-order valence-corrected chi connectivity index (χ0v) is 22.9. The van der Waals surface area contributed by atoms with Crippen LogP contribution in [0.2, 0.25) is 0 Å². The third-order valence-corrected chi connectivity index (χ3v) is 6.57. The van der Waals surface area contributed by atoms with Crippen molar-refractivity contribution in [3.05, 3.63) is 0 Å². The number of unbranched alkanes of at least 4 members (excludes halogenated alkanes) is 12. The van der Waals surface area contributed by atoms with Crippen LogP contribution >= 0.6 is 0 Å². The molecule has 0 rings (SSSR count). The van der Waals surface area contributed by atoms with Gasteiger partial charge in [0.05, 0.1) is 19.2 Å². The van der Waals surface area contributed by atoms with E-state index in [2.05, 4.69) is 16.0 Å². The number of carboxylic acid groups (broad SMARTS) is 1. The molecule has 37 heavy (non-hydrogen) atoms. The molecule has 10 nitrogen and oxygen atoms in total. The topological polar surface area (TPSA) is 171 Å². The molecule has 7 N–H and O–H groups in total. The van der Waals surface area contributed by atoms with Crippen molar-refractivity contribution in [2.45, 2.75) is 121 Å². The minimum atomic E-state index is -0.929. The fourth-order valence-corrected chi connectivity index (χ4v) is 4.19. The Morgan fingerprint density at radius 3 is 1.70 bits per heavy atom. The maximum absolute atomic E-state index is 12.3. The van der Waals surface area contributed by atoms with Crippen molar-refractivity contribution in [3.8, 4) is 0 Å². The molecular weight excluding hydrogens is 476 g/mol. The molecule has 0 aliphatic rings. The van der Waals surface area contributed by atoms with Crippen molar-refractivity contribution >= 4 is 23.6 Å². The molecule has 0 heterocycles. The maximum Gasteiger partial charge on any atom is 0.303 e. The second-order valence-electron chi connectivity index (χ2n) is 9.81. The highest BCUT2D eigenvalue weighted by atomic mass is 16.4. The van der Waals surface area contributed by atoms with E-state index in [4.69, 9.17) is 15.9 Å². The minimum absolute atomic E-state index is 0.0476. The standard InChI is InChI=1S/C27H52N4O6/c1-29-22(24(33)20-31-23(21-32)27(28)37)16-14-15-19-30-25(34)17-12-10-8-6-4-2-3-5-7-9-11-13-18-26(35)36/h22-23,29,31-32H,2-21H2,1H3,(H2,28,37)(H,30,34)(H,35,36)/t22-,23+/m1/s1. The molecule has 2 amide bonds. The Labute approximate surface area is 222 Å². The summed E-state index contributed by atoms with van der Waals surface area (Å²) in [4.78, 5) is 45.8. The average molecular weight is 529 g/mol. The first-order valence-electron chi connectivity index (χ1n) is 14.1. The summed E-state index contributed by atoms with van der Waals surface area (Å²) in [6.45, 7) is 0.0942. The molecule has 0 saturated carbocycles. The number of primary amides is 1. The molecule has 0 radical (unpaired) electrons. The first-order chi connectivity index (χ1) is 17.8. The summed E-state index contributed by atoms with van der Waals surface area (Å²) < 4.78 is 0. The van der Waals surface area contributed by atoms with Gasteiger partial charge < -0.3 is 26.6 Å². The van der Waals surface area contributed by atoms with Crippen molar-refractivity contribution in [1.82, 2.24) is 16.0 Å². The maximum atomic E-state index is 12.3. The summed E-state index contributed by atoms with van der Waals surface area (Å²) >= 11 is 0. The molecule has 0 aromatic carbocycles. The number of ketones is 1. The van der Waals surface area contributed by atoms with Crippen LogP contribution in [0.15, 0.2) is 0 Å². The lowest BCUT2D eigenvalue weighted by Gasteiger charge is -2.17. The number of aliphatic hydroxyl groups excluding tert-OH is 1. The van der Waals surface area contributed by atoms with Crippen LogP contribution in [0.1, 0.15) is 109 Å². The van der Waals surface area contributed by atoms with Gasteiger partial charge in [-0.15, -0.1) is 0 Å². The van der Waals surface area contributed by atoms with Gasteiger partial charge in [0.15, 0.2) is 5.78 Å². The number of amides is 2. The third-order valence-electron chi connectivity index (χ3n) is 6.57. The van der Waals surface area contributed by atoms with Crippen LogP contribution in [-0.4, -0.2) is 72.6 Å². The number of nitrogens with two attached hydrogens (primary N) is 1. The zero-order valence-electron chi connectivity index (χ0n) is 22.9. The lowest BCUT2D eigenvalue weighted by atomic mass is 10.0. The van der Waals surface area contributed by atoms with E-state index in [1.807, 2.05) is 0 Å². The molecule has 2 atom stereocenters. The molecule has 0 unspecified atom stereocenters. The average Bonchev–Trinajstić information content (AvgIpc) is 2.86. The van der Waals surface area contributed by atoms with Crippen LogP contribution in [0.4, 0.5) is 0 Å². The second-order valence-corrected chi connectivity index (χ2v) is 9.81. The van der Waals surface area contributed by atoms with Gasteiger partial charge in [-0.05, 0) is 39.2 Å². The van der Waals surface area contributed by atoms with Crippen LogP contribution in [0.5, 0.6) is 0 Å². The van der Waals surface area contributed by atoms with Crippen LogP contribution in [0, 0.1) is 0 Å². The lowest BCUT2D eigenvalue weighted by Crippen LogP contribution is -2.48. The number of carbonyl (C=O) groups excluding carboxylic acids is 3. The van der Waals surface area contributed by atoms with Crippen LogP contribution in [-0.2, 0) is 19.2 Å². The molecule has 0 aliphatic heterocycles. The second kappa shape index (κ2) is 24.3. The number of rotatable bonds is 27. The summed E-state index contributed by atoms with van der Waals surface area (Å²) in [5, 5.41) is 26.3. The van der Waals surface area contributed by atoms with E-state index in [1.165, 1.54) is 38.5 Å². The molecule has 0 spiro atoms. The number of carboxylic acids is 1. The monoisotopic (exact) mass is 528 g/mol. The molecular formula is C27H52N4O6. The van der Waals surface area contributed by atoms with Crippen molar-refractivity contribution in [2.75, 3.05) is 26.7 Å². The summed E-state index contributed by atoms with van der Waals surface area (Å²) in [7, 11) is 1.71. The number of nitrogens with one attached hydrogen (secondary N) is 3. The van der Waals surface area contributed by atoms with Crippen LogP contribution in [0.25, 0.3) is 0 Å². The van der Waals surface area contributed by atoms with E-state index in [1.54, 1.807) is 7.05 Å². The number of hydrogen-bond acceptors (Lipinski definition) is 7. The van der Waals surface area contributed by atoms with Crippen LogP contribution < -0.4 is 21.7 Å². The Morgan fingerprint density at radius 1 is 0.730 bits per heavy atom. The summed E-state index contributed by atoms with van der Waals surface area (Å²) in [6, 6.07) is -1.28. The van der Waals surface area contributed by atoms with Gasteiger partial charge in [0.25, 0.3) is 0 Å². The first kappa shape index (κ1) is 35.0. The van der Waals surface area contributed by atoms with Crippen LogP contribution in [0.3, 0.4) is 0 Å². The normalized spacial score (nSPS) is 12.7. The Bertz CT molecular complexity index is 632. The summed E-state index contributed by atoms with van der Waals surface area (Å²) in [6.07, 6.45) is 16.5. The number of aliphatic hydroxyl groups is 1. The smallest absolute Gasteiger partial charge is 0.303 e. The van der Waals surface area contributed by atoms with Gasteiger partial charge in [0.2, 0.25) is 11.8 Å². The van der Waals surface area contributed by atoms with Gasteiger partial charge in [-0.25, -0.2) is 0 Å².